The van der Waals surface area contributed by atoms with E-state index in [0.29, 0.717) is 18.7 Å². The highest BCUT2D eigenvalue weighted by Crippen LogP contribution is 2.39. The number of nitrogens with one attached hydrogen (secondary N) is 1. The molecule has 1 amide bonds. The van der Waals surface area contributed by atoms with E-state index >= 15 is 0 Å². The maximum Gasteiger partial charge on any atom is 0.258 e. The molecule has 2 heterocycles. The van der Waals surface area contributed by atoms with Crippen LogP contribution in [0.25, 0.3) is 0 Å². The van der Waals surface area contributed by atoms with Crippen LogP contribution >= 0.6 is 0 Å². The fourth-order valence-corrected chi connectivity index (χ4v) is 4.28. The molecule has 0 saturated heterocycles. The summed E-state index contributed by atoms with van der Waals surface area (Å²) >= 11 is 0. The molecule has 1 N–H and O–H groups in total. The number of hydrogen-bond acceptors (Lipinski definition) is 4. The van der Waals surface area contributed by atoms with Gasteiger partial charge in [-0.2, -0.15) is 0 Å². The first-order valence-corrected chi connectivity index (χ1v) is 11.1. The first kappa shape index (κ1) is 20.9. The highest BCUT2D eigenvalue weighted by atomic mass is 16.5. The second kappa shape index (κ2) is 8.87. The van der Waals surface area contributed by atoms with E-state index in [1.807, 2.05) is 90.7 Å². The fraction of sp³-hybridized carbons (Fsp3) is 0.179. The lowest BCUT2D eigenvalue weighted by atomic mass is 9.93. The molecule has 1 aliphatic rings. The van der Waals surface area contributed by atoms with Crippen molar-refractivity contribution in [1.82, 2.24) is 4.90 Å². The molecule has 0 spiro atoms. The zero-order chi connectivity index (χ0) is 22.7. The third-order valence-corrected chi connectivity index (χ3v) is 6.13. The molecule has 0 aliphatic carbocycles. The summed E-state index contributed by atoms with van der Waals surface area (Å²) < 4.78 is 11.5. The summed E-state index contributed by atoms with van der Waals surface area (Å²) in [5.41, 5.74) is 2.94. The number of ether oxygens (including phenoxy) is 1. The standard InChI is InChI=1S/C28H26N2O3/c1-28(22-13-15-23(16-14-22)33-19-17-21-8-3-2-4-9-21)29-26-12-6-5-11-25(26)27(31)30(28)20-24-10-7-18-32-24/h2-16,18,29H,17,19-20H2,1H3. The first-order valence-electron chi connectivity index (χ1n) is 11.1. The molecule has 33 heavy (non-hydrogen) atoms. The molecule has 5 nitrogen and oxygen atoms in total. The summed E-state index contributed by atoms with van der Waals surface area (Å²) in [6.07, 6.45) is 2.48. The molecule has 3 aromatic carbocycles. The largest absolute Gasteiger partial charge is 0.493 e. The maximum atomic E-state index is 13.5. The minimum absolute atomic E-state index is 0.0357. The Hall–Kier alpha value is -3.99. The van der Waals surface area contributed by atoms with Crippen LogP contribution in [0.1, 0.15) is 34.2 Å². The van der Waals surface area contributed by atoms with Gasteiger partial charge in [-0.3, -0.25) is 4.79 Å². The van der Waals surface area contributed by atoms with E-state index in [2.05, 4.69) is 17.4 Å². The summed E-state index contributed by atoms with van der Waals surface area (Å²) in [5.74, 6) is 1.50. The van der Waals surface area contributed by atoms with Crippen molar-refractivity contribution in [3.63, 3.8) is 0 Å². The van der Waals surface area contributed by atoms with Gasteiger partial charge in [0.15, 0.2) is 0 Å². The van der Waals surface area contributed by atoms with E-state index in [1.165, 1.54) is 5.56 Å². The molecule has 0 saturated carbocycles. The SMILES string of the molecule is CC1(c2ccc(OCCc3ccccc3)cc2)Nc2ccccc2C(=O)N1Cc1ccco1. The molecule has 5 rings (SSSR count). The molecule has 0 fully saturated rings. The van der Waals surface area contributed by atoms with Gasteiger partial charge < -0.3 is 19.4 Å². The lowest BCUT2D eigenvalue weighted by Crippen LogP contribution is -2.55. The smallest absolute Gasteiger partial charge is 0.258 e. The predicted octanol–water partition coefficient (Wildman–Crippen LogP) is 5.84. The minimum atomic E-state index is -0.749. The topological polar surface area (TPSA) is 54.7 Å². The Morgan fingerprint density at radius 1 is 0.909 bits per heavy atom. The highest BCUT2D eigenvalue weighted by Gasteiger charge is 2.42. The van der Waals surface area contributed by atoms with Crippen LogP contribution in [0.4, 0.5) is 5.69 Å². The zero-order valence-corrected chi connectivity index (χ0v) is 18.5. The molecule has 4 aromatic rings. The number of anilines is 1. The number of fused-ring (bicyclic) bond motifs is 1. The maximum absolute atomic E-state index is 13.5. The summed E-state index contributed by atoms with van der Waals surface area (Å²) in [6.45, 7) is 2.99. The second-order valence-corrected chi connectivity index (χ2v) is 8.32. The third-order valence-electron chi connectivity index (χ3n) is 6.13. The van der Waals surface area contributed by atoms with E-state index in [9.17, 15) is 4.79 Å². The number of carbonyl (C=O) groups is 1. The van der Waals surface area contributed by atoms with Crippen molar-refractivity contribution < 1.29 is 13.9 Å². The third kappa shape index (κ3) is 4.22. The lowest BCUT2D eigenvalue weighted by molar-refractivity contribution is 0.0487. The normalized spacial score (nSPS) is 17.4. The van der Waals surface area contributed by atoms with Gasteiger partial charge in [-0.1, -0.05) is 54.6 Å². The Morgan fingerprint density at radius 3 is 2.42 bits per heavy atom. The van der Waals surface area contributed by atoms with Crippen LogP contribution in [0, 0.1) is 0 Å². The molecule has 166 valence electrons. The van der Waals surface area contributed by atoms with Crippen LogP contribution in [0.15, 0.2) is 102 Å². The number of carbonyl (C=O) groups excluding carboxylic acids is 1. The molecule has 1 aliphatic heterocycles. The van der Waals surface area contributed by atoms with Gasteiger partial charge in [0.25, 0.3) is 5.91 Å². The average Bonchev–Trinajstić information content (AvgIpc) is 3.36. The van der Waals surface area contributed by atoms with Crippen LogP contribution in [-0.4, -0.2) is 17.4 Å². The Morgan fingerprint density at radius 2 is 1.67 bits per heavy atom. The monoisotopic (exact) mass is 438 g/mol. The summed E-state index contributed by atoms with van der Waals surface area (Å²) in [5, 5.41) is 3.59. The van der Waals surface area contributed by atoms with Gasteiger partial charge in [0.05, 0.1) is 25.0 Å². The number of nitrogens with zero attached hydrogens (tertiary/aromatic N) is 1. The quantitative estimate of drug-likeness (QED) is 0.394. The molecule has 0 radical (unpaired) electrons. The van der Waals surface area contributed by atoms with E-state index in [-0.39, 0.29) is 5.91 Å². The molecule has 0 bridgehead atoms. The Labute approximate surface area is 193 Å². The minimum Gasteiger partial charge on any atom is -0.493 e. The fourth-order valence-electron chi connectivity index (χ4n) is 4.28. The van der Waals surface area contributed by atoms with Crippen LogP contribution in [-0.2, 0) is 18.6 Å². The molecular weight excluding hydrogens is 412 g/mol. The molecule has 1 atom stereocenters. The van der Waals surface area contributed by atoms with Crippen molar-refractivity contribution in [2.45, 2.75) is 25.6 Å². The van der Waals surface area contributed by atoms with Gasteiger partial charge >= 0.3 is 0 Å². The van der Waals surface area contributed by atoms with Crippen LogP contribution < -0.4 is 10.1 Å². The predicted molar refractivity (Wildman–Crippen MR) is 128 cm³/mol. The lowest BCUT2D eigenvalue weighted by Gasteiger charge is -2.46. The van der Waals surface area contributed by atoms with Crippen molar-refractivity contribution in [2.24, 2.45) is 0 Å². The number of rotatable bonds is 7. The Kier molecular flexibility index (Phi) is 5.61. The van der Waals surface area contributed by atoms with Gasteiger partial charge in [-0.05, 0) is 54.4 Å². The van der Waals surface area contributed by atoms with Crippen LogP contribution in [0.5, 0.6) is 5.75 Å². The van der Waals surface area contributed by atoms with Crippen molar-refractivity contribution in [1.29, 1.82) is 0 Å². The van der Waals surface area contributed by atoms with Gasteiger partial charge in [-0.25, -0.2) is 0 Å². The molecule has 1 aromatic heterocycles. The van der Waals surface area contributed by atoms with Crippen molar-refractivity contribution >= 4 is 11.6 Å². The molecule has 5 heteroatoms. The zero-order valence-electron chi connectivity index (χ0n) is 18.5. The molecular formula is C28H26N2O3. The number of furan rings is 1. The number of hydrogen-bond donors (Lipinski definition) is 1. The summed E-state index contributed by atoms with van der Waals surface area (Å²) in [7, 11) is 0. The Bertz CT molecular complexity index is 1220. The number of para-hydroxylation sites is 1. The summed E-state index contributed by atoms with van der Waals surface area (Å²) in [6, 6.07) is 29.6. The van der Waals surface area contributed by atoms with Crippen molar-refractivity contribution in [3.8, 4) is 5.75 Å². The van der Waals surface area contributed by atoms with E-state index in [0.717, 1.165) is 29.2 Å². The molecule has 1 unspecified atom stereocenters. The first-order chi connectivity index (χ1) is 16.1. The van der Waals surface area contributed by atoms with Crippen molar-refractivity contribution in [3.05, 3.63) is 120 Å². The Balaban J connectivity index is 1.38. The number of benzene rings is 3. The van der Waals surface area contributed by atoms with Gasteiger partial charge in [0.1, 0.15) is 17.2 Å². The van der Waals surface area contributed by atoms with Crippen LogP contribution in [0.2, 0.25) is 0 Å². The van der Waals surface area contributed by atoms with E-state index < -0.39 is 5.66 Å². The number of amides is 1. The van der Waals surface area contributed by atoms with E-state index in [1.54, 1.807) is 6.26 Å². The average molecular weight is 439 g/mol. The highest BCUT2D eigenvalue weighted by molar-refractivity contribution is 6.02. The van der Waals surface area contributed by atoms with Crippen LogP contribution in [0.3, 0.4) is 0 Å². The van der Waals surface area contributed by atoms with Crippen molar-refractivity contribution in [2.75, 3.05) is 11.9 Å². The summed E-state index contributed by atoms with van der Waals surface area (Å²) in [4.78, 5) is 15.3. The second-order valence-electron chi connectivity index (χ2n) is 8.32. The van der Waals surface area contributed by atoms with Gasteiger partial charge in [0.2, 0.25) is 0 Å². The van der Waals surface area contributed by atoms with Gasteiger partial charge in [-0.15, -0.1) is 0 Å². The van der Waals surface area contributed by atoms with Gasteiger partial charge in [0, 0.05) is 12.1 Å². The van der Waals surface area contributed by atoms with E-state index in [4.69, 9.17) is 9.15 Å².